The lowest BCUT2D eigenvalue weighted by molar-refractivity contribution is 0.0242. The summed E-state index contributed by atoms with van der Waals surface area (Å²) in [6, 6.07) is 5.38. The topological polar surface area (TPSA) is 39.9 Å². The maximum Gasteiger partial charge on any atom is 0.118 e. The number of rotatable bonds is 5. The van der Waals surface area contributed by atoms with E-state index in [0.717, 1.165) is 50.2 Å². The van der Waals surface area contributed by atoms with Gasteiger partial charge in [-0.2, -0.15) is 0 Å². The van der Waals surface area contributed by atoms with Gasteiger partial charge < -0.3 is 9.52 Å². The average Bonchev–Trinajstić information content (AvgIpc) is 3.12. The molecular formula is C17H28N2O2. The molecule has 1 atom stereocenters. The molecule has 1 N–H and O–H groups in total. The third-order valence-electron chi connectivity index (χ3n) is 5.04. The Bertz CT molecular complexity index is 440. The van der Waals surface area contributed by atoms with Gasteiger partial charge in [0.15, 0.2) is 0 Å². The number of aliphatic hydroxyl groups is 1. The molecule has 3 rings (SSSR count). The molecule has 118 valence electrons. The van der Waals surface area contributed by atoms with Crippen LogP contribution in [0.4, 0.5) is 0 Å². The Hall–Kier alpha value is -0.840. The number of nitrogens with zero attached hydrogens (tertiary/aromatic N) is 2. The highest BCUT2D eigenvalue weighted by Gasteiger charge is 2.33. The molecule has 0 unspecified atom stereocenters. The zero-order valence-corrected chi connectivity index (χ0v) is 13.1. The first-order valence-electron chi connectivity index (χ1n) is 8.40. The summed E-state index contributed by atoms with van der Waals surface area (Å²) in [5.74, 6) is 2.05. The summed E-state index contributed by atoms with van der Waals surface area (Å²) in [7, 11) is 0. The minimum Gasteiger partial charge on any atom is -0.465 e. The molecule has 0 aromatic carbocycles. The molecule has 0 amide bonds. The van der Waals surface area contributed by atoms with Crippen molar-refractivity contribution in [2.24, 2.45) is 0 Å². The van der Waals surface area contributed by atoms with Gasteiger partial charge in [-0.05, 0) is 38.3 Å². The monoisotopic (exact) mass is 292 g/mol. The highest BCUT2D eigenvalue weighted by Crippen LogP contribution is 2.28. The largest absolute Gasteiger partial charge is 0.465 e. The summed E-state index contributed by atoms with van der Waals surface area (Å²) in [4.78, 5) is 5.15. The van der Waals surface area contributed by atoms with Crippen LogP contribution in [0, 0.1) is 6.92 Å². The number of aliphatic hydroxyl groups excluding tert-OH is 1. The zero-order chi connectivity index (χ0) is 14.7. The highest BCUT2D eigenvalue weighted by molar-refractivity contribution is 5.05. The number of furan rings is 1. The molecule has 1 saturated heterocycles. The second-order valence-corrected chi connectivity index (χ2v) is 6.59. The lowest BCUT2D eigenvalue weighted by atomic mass is 10.0. The van der Waals surface area contributed by atoms with Gasteiger partial charge >= 0.3 is 0 Å². The van der Waals surface area contributed by atoms with Crippen molar-refractivity contribution in [3.8, 4) is 0 Å². The average molecular weight is 292 g/mol. The first-order chi connectivity index (χ1) is 10.3. The van der Waals surface area contributed by atoms with Crippen molar-refractivity contribution in [2.45, 2.75) is 57.7 Å². The molecule has 4 heteroatoms. The number of aryl methyl sites for hydroxylation is 1. The van der Waals surface area contributed by atoms with E-state index in [1.807, 2.05) is 13.0 Å². The molecule has 1 aliphatic heterocycles. The lowest BCUT2D eigenvalue weighted by Gasteiger charge is -2.44. The number of piperazine rings is 1. The summed E-state index contributed by atoms with van der Waals surface area (Å²) in [6.45, 7) is 6.48. The van der Waals surface area contributed by atoms with Crippen LogP contribution in [0.1, 0.15) is 43.6 Å². The van der Waals surface area contributed by atoms with Crippen LogP contribution in [0.2, 0.25) is 0 Å². The Kier molecular flexibility index (Phi) is 4.99. The van der Waals surface area contributed by atoms with Crippen LogP contribution in [0.25, 0.3) is 0 Å². The van der Waals surface area contributed by atoms with E-state index in [9.17, 15) is 5.11 Å². The number of hydrogen-bond acceptors (Lipinski definition) is 4. The maximum atomic E-state index is 9.39. The van der Waals surface area contributed by atoms with Crippen molar-refractivity contribution in [2.75, 3.05) is 26.2 Å². The molecular weight excluding hydrogens is 264 g/mol. The normalized spacial score (nSPS) is 25.7. The third-order valence-corrected chi connectivity index (χ3v) is 5.04. The molecule has 0 radical (unpaired) electrons. The molecule has 2 aliphatic rings. The molecule has 0 bridgehead atoms. The van der Waals surface area contributed by atoms with E-state index >= 15 is 0 Å². The predicted octanol–water partition coefficient (Wildman–Crippen LogP) is 2.40. The molecule has 21 heavy (non-hydrogen) atoms. The quantitative estimate of drug-likeness (QED) is 0.904. The van der Waals surface area contributed by atoms with Crippen LogP contribution in [-0.2, 0) is 6.54 Å². The minimum atomic E-state index is 0.293. The van der Waals surface area contributed by atoms with Crippen molar-refractivity contribution >= 4 is 0 Å². The molecule has 2 fully saturated rings. The first kappa shape index (κ1) is 15.1. The summed E-state index contributed by atoms with van der Waals surface area (Å²) in [5, 5.41) is 9.39. The fraction of sp³-hybridized carbons (Fsp3) is 0.765. The first-order valence-corrected chi connectivity index (χ1v) is 8.40. The summed E-state index contributed by atoms with van der Waals surface area (Å²) in [5.41, 5.74) is 0. The van der Waals surface area contributed by atoms with E-state index in [4.69, 9.17) is 4.42 Å². The van der Waals surface area contributed by atoms with E-state index in [0.29, 0.717) is 12.6 Å². The van der Waals surface area contributed by atoms with Gasteiger partial charge in [-0.25, -0.2) is 0 Å². The van der Waals surface area contributed by atoms with Gasteiger partial charge in [0.05, 0.1) is 6.54 Å². The summed E-state index contributed by atoms with van der Waals surface area (Å²) >= 11 is 0. The molecule has 1 aliphatic carbocycles. The Morgan fingerprint density at radius 2 is 2.05 bits per heavy atom. The Morgan fingerprint density at radius 3 is 2.71 bits per heavy atom. The van der Waals surface area contributed by atoms with Crippen molar-refractivity contribution < 1.29 is 9.52 Å². The fourth-order valence-electron chi connectivity index (χ4n) is 3.99. The summed E-state index contributed by atoms with van der Waals surface area (Å²) < 4.78 is 5.70. The Morgan fingerprint density at radius 1 is 1.24 bits per heavy atom. The fourth-order valence-corrected chi connectivity index (χ4v) is 3.99. The van der Waals surface area contributed by atoms with E-state index in [2.05, 4.69) is 15.9 Å². The minimum absolute atomic E-state index is 0.293. The lowest BCUT2D eigenvalue weighted by Crippen LogP contribution is -2.55. The Labute approximate surface area is 127 Å². The van der Waals surface area contributed by atoms with Crippen LogP contribution in [-0.4, -0.2) is 53.2 Å². The van der Waals surface area contributed by atoms with E-state index < -0.39 is 0 Å². The van der Waals surface area contributed by atoms with E-state index in [1.54, 1.807) is 0 Å². The molecule has 1 saturated carbocycles. The maximum absolute atomic E-state index is 9.39. The van der Waals surface area contributed by atoms with Crippen molar-refractivity contribution in [1.29, 1.82) is 0 Å². The van der Waals surface area contributed by atoms with Gasteiger partial charge in [-0.3, -0.25) is 9.80 Å². The van der Waals surface area contributed by atoms with Crippen LogP contribution in [0.15, 0.2) is 16.5 Å². The van der Waals surface area contributed by atoms with Gasteiger partial charge in [0.25, 0.3) is 0 Å². The van der Waals surface area contributed by atoms with Gasteiger partial charge in [-0.15, -0.1) is 0 Å². The highest BCUT2D eigenvalue weighted by atomic mass is 16.3. The standard InChI is InChI=1S/C17H28N2O2/c1-14-6-7-17(21-14)13-18-9-10-19(15-4-2-3-5-15)16(12-18)8-11-20/h6-7,15-16,20H,2-5,8-13H2,1H3/t16-/m1/s1. The van der Waals surface area contributed by atoms with Gasteiger partial charge in [0, 0.05) is 38.3 Å². The third kappa shape index (κ3) is 3.68. The summed E-state index contributed by atoms with van der Waals surface area (Å²) in [6.07, 6.45) is 6.34. The van der Waals surface area contributed by atoms with Crippen LogP contribution < -0.4 is 0 Å². The van der Waals surface area contributed by atoms with Crippen LogP contribution >= 0.6 is 0 Å². The van der Waals surface area contributed by atoms with Crippen LogP contribution in [0.3, 0.4) is 0 Å². The molecule has 1 aromatic heterocycles. The molecule has 0 spiro atoms. The zero-order valence-electron chi connectivity index (χ0n) is 13.1. The molecule has 2 heterocycles. The van der Waals surface area contributed by atoms with Gasteiger partial charge in [0.1, 0.15) is 11.5 Å². The van der Waals surface area contributed by atoms with Gasteiger partial charge in [-0.1, -0.05) is 12.8 Å². The second-order valence-electron chi connectivity index (χ2n) is 6.59. The van der Waals surface area contributed by atoms with Crippen molar-refractivity contribution in [3.63, 3.8) is 0 Å². The number of hydrogen-bond donors (Lipinski definition) is 1. The smallest absolute Gasteiger partial charge is 0.118 e. The van der Waals surface area contributed by atoms with Crippen LogP contribution in [0.5, 0.6) is 0 Å². The molecule has 1 aromatic rings. The second kappa shape index (κ2) is 6.95. The van der Waals surface area contributed by atoms with Crippen molar-refractivity contribution in [3.05, 3.63) is 23.7 Å². The van der Waals surface area contributed by atoms with Gasteiger partial charge in [0.2, 0.25) is 0 Å². The Balaban J connectivity index is 1.60. The van der Waals surface area contributed by atoms with E-state index in [-0.39, 0.29) is 0 Å². The van der Waals surface area contributed by atoms with Crippen molar-refractivity contribution in [1.82, 2.24) is 9.80 Å². The SMILES string of the molecule is Cc1ccc(CN2CCN(C3CCCC3)[C@H](CCO)C2)o1. The predicted molar refractivity (Wildman–Crippen MR) is 83.2 cm³/mol. The molecule has 4 nitrogen and oxygen atoms in total. The van der Waals surface area contributed by atoms with E-state index in [1.165, 1.54) is 25.7 Å².